The van der Waals surface area contributed by atoms with Gasteiger partial charge in [-0.1, -0.05) is 0 Å². The molecule has 3 nitrogen and oxygen atoms in total. The summed E-state index contributed by atoms with van der Waals surface area (Å²) in [6, 6.07) is 0. The molecule has 0 aromatic rings. The fourth-order valence-corrected chi connectivity index (χ4v) is 2.37. The molecule has 2 heterocycles. The van der Waals surface area contributed by atoms with Gasteiger partial charge in [0.1, 0.15) is 0 Å². The Morgan fingerprint density at radius 1 is 1.29 bits per heavy atom. The first kappa shape index (κ1) is 9.97. The van der Waals surface area contributed by atoms with Crippen LogP contribution in [0.4, 0.5) is 0 Å². The molecule has 1 N–H and O–H groups in total. The summed E-state index contributed by atoms with van der Waals surface area (Å²) in [4.78, 5) is 14.3. The van der Waals surface area contributed by atoms with Gasteiger partial charge in [0.15, 0.2) is 0 Å². The smallest absolute Gasteiger partial charge is 0.230 e. The van der Waals surface area contributed by atoms with E-state index in [1.54, 1.807) is 0 Å². The van der Waals surface area contributed by atoms with E-state index in [-0.39, 0.29) is 11.0 Å². The van der Waals surface area contributed by atoms with Crippen LogP contribution in [0.3, 0.4) is 0 Å². The summed E-state index contributed by atoms with van der Waals surface area (Å²) >= 11 is 0. The number of amides is 1. The normalized spacial score (nSPS) is 35.5. The molecule has 3 heteroatoms. The van der Waals surface area contributed by atoms with Crippen LogP contribution in [0.15, 0.2) is 0 Å². The highest BCUT2D eigenvalue weighted by atomic mass is 16.2. The molecule has 2 aliphatic heterocycles. The highest BCUT2D eigenvalue weighted by molar-refractivity contribution is 5.84. The molecule has 1 amide bonds. The lowest BCUT2D eigenvalue weighted by Gasteiger charge is -2.51. The first-order chi connectivity index (χ1) is 6.46. The van der Waals surface area contributed by atoms with Crippen LogP contribution in [0, 0.1) is 5.41 Å². The zero-order chi connectivity index (χ0) is 10.4. The lowest BCUT2D eigenvalue weighted by Crippen LogP contribution is -2.62. The molecule has 14 heavy (non-hydrogen) atoms. The molecule has 80 valence electrons. The van der Waals surface area contributed by atoms with Crippen molar-refractivity contribution in [2.45, 2.75) is 39.2 Å². The minimum absolute atomic E-state index is 0.0999. The highest BCUT2D eigenvalue weighted by Crippen LogP contribution is 2.36. The quantitative estimate of drug-likeness (QED) is 0.678. The maximum atomic E-state index is 12.3. The molecular formula is C11H20N2O. The lowest BCUT2D eigenvalue weighted by molar-refractivity contribution is -0.154. The Morgan fingerprint density at radius 2 is 2.00 bits per heavy atom. The average Bonchev–Trinajstić information content (AvgIpc) is 2.52. The summed E-state index contributed by atoms with van der Waals surface area (Å²) in [7, 11) is 0. The Balaban J connectivity index is 2.08. The minimum Gasteiger partial charge on any atom is -0.337 e. The van der Waals surface area contributed by atoms with Crippen molar-refractivity contribution in [2.75, 3.05) is 19.6 Å². The van der Waals surface area contributed by atoms with E-state index in [1.165, 1.54) is 0 Å². The number of nitrogens with zero attached hydrogens (tertiary/aromatic N) is 1. The van der Waals surface area contributed by atoms with Crippen molar-refractivity contribution in [1.29, 1.82) is 0 Å². The highest BCUT2D eigenvalue weighted by Gasteiger charge is 2.47. The van der Waals surface area contributed by atoms with Gasteiger partial charge in [-0.05, 0) is 40.2 Å². The molecule has 2 rings (SSSR count). The van der Waals surface area contributed by atoms with Crippen LogP contribution in [0.5, 0.6) is 0 Å². The predicted octanol–water partition coefficient (Wildman–Crippen LogP) is 0.997. The van der Waals surface area contributed by atoms with Crippen molar-refractivity contribution >= 4 is 5.91 Å². The Labute approximate surface area is 85.8 Å². The molecule has 2 fully saturated rings. The van der Waals surface area contributed by atoms with Gasteiger partial charge in [-0.2, -0.15) is 0 Å². The summed E-state index contributed by atoms with van der Waals surface area (Å²) in [5, 5.41) is 3.28. The van der Waals surface area contributed by atoms with E-state index < -0.39 is 0 Å². The van der Waals surface area contributed by atoms with Crippen LogP contribution in [-0.2, 0) is 4.79 Å². The summed E-state index contributed by atoms with van der Waals surface area (Å²) < 4.78 is 0. The lowest BCUT2D eigenvalue weighted by atomic mass is 9.81. The third kappa shape index (κ3) is 1.34. The van der Waals surface area contributed by atoms with E-state index in [1.807, 2.05) is 4.90 Å². The number of carbonyl (C=O) groups is 1. The van der Waals surface area contributed by atoms with Gasteiger partial charge in [-0.3, -0.25) is 4.79 Å². The maximum absolute atomic E-state index is 12.3. The number of nitrogens with one attached hydrogen (secondary N) is 1. The molecule has 2 saturated heterocycles. The van der Waals surface area contributed by atoms with Crippen LogP contribution >= 0.6 is 0 Å². The summed E-state index contributed by atoms with van der Waals surface area (Å²) in [6.07, 6.45) is 2.13. The third-order valence-electron chi connectivity index (χ3n) is 3.81. The minimum atomic E-state index is -0.141. The summed E-state index contributed by atoms with van der Waals surface area (Å²) in [6.45, 7) is 9.17. The number of likely N-dealkylation sites (tertiary alicyclic amines) is 1. The van der Waals surface area contributed by atoms with Crippen LogP contribution in [0.1, 0.15) is 33.6 Å². The second-order valence-corrected chi connectivity index (χ2v) is 5.51. The maximum Gasteiger partial charge on any atom is 0.230 e. The molecule has 0 aromatic carbocycles. The van der Waals surface area contributed by atoms with Crippen molar-refractivity contribution in [3.63, 3.8) is 0 Å². The van der Waals surface area contributed by atoms with E-state index in [0.29, 0.717) is 5.91 Å². The van der Waals surface area contributed by atoms with E-state index in [0.717, 1.165) is 32.5 Å². The van der Waals surface area contributed by atoms with Crippen LogP contribution in [0.2, 0.25) is 0 Å². The van der Waals surface area contributed by atoms with Crippen LogP contribution in [0.25, 0.3) is 0 Å². The number of hydrogen-bond donors (Lipinski definition) is 1. The number of carbonyl (C=O) groups excluding carboxylic acids is 1. The van der Waals surface area contributed by atoms with Gasteiger partial charge in [0.2, 0.25) is 5.91 Å². The van der Waals surface area contributed by atoms with Crippen molar-refractivity contribution in [2.24, 2.45) is 5.41 Å². The first-order valence-corrected chi connectivity index (χ1v) is 5.49. The van der Waals surface area contributed by atoms with Gasteiger partial charge >= 0.3 is 0 Å². The molecule has 2 aliphatic rings. The van der Waals surface area contributed by atoms with Gasteiger partial charge in [-0.15, -0.1) is 0 Å². The Hall–Kier alpha value is -0.570. The van der Waals surface area contributed by atoms with Gasteiger partial charge < -0.3 is 10.2 Å². The monoisotopic (exact) mass is 196 g/mol. The molecule has 0 spiro atoms. The number of hydrogen-bond acceptors (Lipinski definition) is 2. The van der Waals surface area contributed by atoms with Crippen molar-refractivity contribution in [3.05, 3.63) is 0 Å². The molecule has 0 aromatic heterocycles. The first-order valence-electron chi connectivity index (χ1n) is 5.49. The largest absolute Gasteiger partial charge is 0.337 e. The predicted molar refractivity (Wildman–Crippen MR) is 56.0 cm³/mol. The van der Waals surface area contributed by atoms with Crippen molar-refractivity contribution in [3.8, 4) is 0 Å². The molecule has 0 radical (unpaired) electrons. The van der Waals surface area contributed by atoms with E-state index in [2.05, 4.69) is 26.1 Å². The van der Waals surface area contributed by atoms with E-state index in [4.69, 9.17) is 0 Å². The summed E-state index contributed by atoms with van der Waals surface area (Å²) in [5.74, 6) is 0.346. The Kier molecular flexibility index (Phi) is 2.11. The van der Waals surface area contributed by atoms with Crippen molar-refractivity contribution < 1.29 is 4.79 Å². The molecule has 1 unspecified atom stereocenters. The average molecular weight is 196 g/mol. The van der Waals surface area contributed by atoms with E-state index >= 15 is 0 Å². The topological polar surface area (TPSA) is 32.3 Å². The van der Waals surface area contributed by atoms with E-state index in [9.17, 15) is 4.79 Å². The zero-order valence-corrected chi connectivity index (χ0v) is 9.39. The van der Waals surface area contributed by atoms with Gasteiger partial charge in [0.25, 0.3) is 0 Å². The zero-order valence-electron chi connectivity index (χ0n) is 9.39. The molecule has 1 atom stereocenters. The van der Waals surface area contributed by atoms with Crippen LogP contribution in [-0.4, -0.2) is 36.0 Å². The molecule has 0 saturated carbocycles. The SMILES string of the molecule is CC1(C(=O)N2CCC2(C)C)CCNC1. The number of rotatable bonds is 1. The van der Waals surface area contributed by atoms with Crippen LogP contribution < -0.4 is 5.32 Å². The molecule has 0 bridgehead atoms. The Bertz CT molecular complexity index is 254. The third-order valence-corrected chi connectivity index (χ3v) is 3.81. The second-order valence-electron chi connectivity index (χ2n) is 5.51. The van der Waals surface area contributed by atoms with Gasteiger partial charge in [0, 0.05) is 18.6 Å². The second kappa shape index (κ2) is 2.96. The molecular weight excluding hydrogens is 176 g/mol. The standard InChI is InChI=1S/C11H20N2O/c1-10(2)5-7-13(10)9(14)11(3)4-6-12-8-11/h12H,4-8H2,1-3H3. The summed E-state index contributed by atoms with van der Waals surface area (Å²) in [5.41, 5.74) is -0.0413. The fraction of sp³-hybridized carbons (Fsp3) is 0.909. The fourth-order valence-electron chi connectivity index (χ4n) is 2.37. The van der Waals surface area contributed by atoms with Gasteiger partial charge in [-0.25, -0.2) is 0 Å². The Morgan fingerprint density at radius 3 is 2.36 bits per heavy atom. The van der Waals surface area contributed by atoms with Gasteiger partial charge in [0.05, 0.1) is 5.41 Å². The molecule has 0 aliphatic carbocycles. The van der Waals surface area contributed by atoms with Crippen molar-refractivity contribution in [1.82, 2.24) is 10.2 Å².